The van der Waals surface area contributed by atoms with Crippen LogP contribution in [0.15, 0.2) is 45.7 Å². The van der Waals surface area contributed by atoms with Crippen LogP contribution >= 0.6 is 11.6 Å². The molecule has 0 bridgehead atoms. The van der Waals surface area contributed by atoms with Crippen molar-refractivity contribution in [2.24, 2.45) is 0 Å². The van der Waals surface area contributed by atoms with Crippen LogP contribution in [-0.4, -0.2) is 22.0 Å². The van der Waals surface area contributed by atoms with Gasteiger partial charge >= 0.3 is 5.76 Å². The molecule has 0 fully saturated rings. The Bertz CT molecular complexity index is 1010. The van der Waals surface area contributed by atoms with Crippen LogP contribution in [0, 0.1) is 0 Å². The molecule has 2 aromatic heterocycles. The average molecular weight is 358 g/mol. The van der Waals surface area contributed by atoms with Crippen LogP contribution in [-0.2, 0) is 17.8 Å². The lowest BCUT2D eigenvalue weighted by Gasteiger charge is -2.28. The van der Waals surface area contributed by atoms with E-state index in [2.05, 4.69) is 4.98 Å². The van der Waals surface area contributed by atoms with Crippen LogP contribution < -0.4 is 10.7 Å². The maximum absolute atomic E-state index is 12.7. The van der Waals surface area contributed by atoms with E-state index in [1.807, 2.05) is 12.1 Å². The van der Waals surface area contributed by atoms with Gasteiger partial charge in [-0.2, -0.15) is 0 Å². The topological polar surface area (TPSA) is 68.3 Å². The van der Waals surface area contributed by atoms with Crippen molar-refractivity contribution in [3.8, 4) is 0 Å². The number of benzene rings is 1. The average Bonchev–Trinajstić information content (AvgIpc) is 2.93. The van der Waals surface area contributed by atoms with Gasteiger partial charge in [0.05, 0.1) is 16.9 Å². The van der Waals surface area contributed by atoms with Crippen molar-refractivity contribution in [1.29, 1.82) is 0 Å². The van der Waals surface area contributed by atoms with E-state index in [1.165, 1.54) is 4.57 Å². The Balaban J connectivity index is 1.56. The van der Waals surface area contributed by atoms with Crippen LogP contribution in [0.4, 0.5) is 5.69 Å². The molecule has 3 aromatic rings. The first-order valence-corrected chi connectivity index (χ1v) is 8.54. The molecule has 0 aliphatic carbocycles. The Morgan fingerprint density at radius 3 is 3.08 bits per heavy atom. The van der Waals surface area contributed by atoms with Gasteiger partial charge in [-0.05, 0) is 37.1 Å². The normalized spacial score (nSPS) is 13.9. The summed E-state index contributed by atoms with van der Waals surface area (Å²) in [5.41, 5.74) is 2.89. The molecule has 0 atom stereocenters. The fraction of sp³-hybridized carbons (Fsp3) is 0.278. The number of pyridine rings is 1. The molecule has 0 saturated carbocycles. The SMILES string of the molecule is O=C(CCn1c(=O)oc2cc(Cl)ccc21)N1CCCc2ncccc21. The lowest BCUT2D eigenvalue weighted by molar-refractivity contribution is -0.118. The number of carbonyl (C=O) groups excluding carboxylic acids is 1. The molecule has 1 amide bonds. The standard InChI is InChI=1S/C18H16ClN3O3/c19-12-5-6-15-16(11-12)25-18(24)22(15)10-7-17(23)21-9-2-3-13-14(21)4-1-8-20-13/h1,4-6,8,11H,2-3,7,9-10H2. The quantitative estimate of drug-likeness (QED) is 0.722. The number of aryl methyl sites for hydroxylation is 2. The maximum Gasteiger partial charge on any atom is 0.419 e. The van der Waals surface area contributed by atoms with Gasteiger partial charge in [-0.25, -0.2) is 4.79 Å². The third-order valence-corrected chi connectivity index (χ3v) is 4.67. The van der Waals surface area contributed by atoms with Crippen molar-refractivity contribution in [2.75, 3.05) is 11.4 Å². The molecule has 128 valence electrons. The number of rotatable bonds is 3. The summed E-state index contributed by atoms with van der Waals surface area (Å²) >= 11 is 5.92. The van der Waals surface area contributed by atoms with E-state index < -0.39 is 5.76 Å². The number of anilines is 1. The molecule has 0 N–H and O–H groups in total. The number of halogens is 1. The van der Waals surface area contributed by atoms with Crippen molar-refractivity contribution < 1.29 is 9.21 Å². The first kappa shape index (κ1) is 15.9. The summed E-state index contributed by atoms with van der Waals surface area (Å²) in [5, 5.41) is 0.502. The van der Waals surface area contributed by atoms with E-state index in [9.17, 15) is 9.59 Å². The first-order chi connectivity index (χ1) is 12.1. The third kappa shape index (κ3) is 2.93. The van der Waals surface area contributed by atoms with E-state index in [-0.39, 0.29) is 18.9 Å². The number of aromatic nitrogens is 2. The Labute approximate surface area is 148 Å². The fourth-order valence-electron chi connectivity index (χ4n) is 3.25. The highest BCUT2D eigenvalue weighted by molar-refractivity contribution is 6.31. The zero-order valence-electron chi connectivity index (χ0n) is 13.4. The highest BCUT2D eigenvalue weighted by Crippen LogP contribution is 2.25. The second-order valence-corrected chi connectivity index (χ2v) is 6.44. The summed E-state index contributed by atoms with van der Waals surface area (Å²) in [6.45, 7) is 0.937. The van der Waals surface area contributed by atoms with Gasteiger partial charge in [-0.1, -0.05) is 11.6 Å². The number of oxazole rings is 1. The number of hydrogen-bond acceptors (Lipinski definition) is 4. The molecule has 1 aromatic carbocycles. The number of hydrogen-bond donors (Lipinski definition) is 0. The predicted octanol–water partition coefficient (Wildman–Crippen LogP) is 3.01. The van der Waals surface area contributed by atoms with E-state index >= 15 is 0 Å². The number of amides is 1. The fourth-order valence-corrected chi connectivity index (χ4v) is 3.41. The molecular formula is C18H16ClN3O3. The van der Waals surface area contributed by atoms with Gasteiger partial charge in [0.1, 0.15) is 0 Å². The minimum atomic E-state index is -0.481. The van der Waals surface area contributed by atoms with Crippen molar-refractivity contribution in [1.82, 2.24) is 9.55 Å². The van der Waals surface area contributed by atoms with E-state index in [4.69, 9.17) is 16.0 Å². The largest absolute Gasteiger partial charge is 0.419 e. The molecule has 0 radical (unpaired) electrons. The highest BCUT2D eigenvalue weighted by Gasteiger charge is 2.23. The number of carbonyl (C=O) groups is 1. The van der Waals surface area contributed by atoms with Gasteiger partial charge in [-0.3, -0.25) is 14.3 Å². The van der Waals surface area contributed by atoms with Crippen LogP contribution in [0.1, 0.15) is 18.5 Å². The molecule has 0 spiro atoms. The Morgan fingerprint density at radius 2 is 2.20 bits per heavy atom. The van der Waals surface area contributed by atoms with Gasteiger partial charge in [0.25, 0.3) is 0 Å². The molecule has 0 saturated heterocycles. The van der Waals surface area contributed by atoms with Crippen molar-refractivity contribution in [3.05, 3.63) is 57.8 Å². The Hall–Kier alpha value is -2.60. The molecule has 6 nitrogen and oxygen atoms in total. The monoisotopic (exact) mass is 357 g/mol. The summed E-state index contributed by atoms with van der Waals surface area (Å²) in [5.74, 6) is -0.505. The van der Waals surface area contributed by atoms with Crippen LogP contribution in [0.2, 0.25) is 5.02 Å². The van der Waals surface area contributed by atoms with Crippen molar-refractivity contribution in [2.45, 2.75) is 25.8 Å². The molecule has 1 aliphatic heterocycles. The zero-order chi connectivity index (χ0) is 17.4. The van der Waals surface area contributed by atoms with Crippen molar-refractivity contribution >= 4 is 34.3 Å². The summed E-state index contributed by atoms with van der Waals surface area (Å²) < 4.78 is 6.67. The minimum absolute atomic E-state index is 0.0239. The molecule has 4 rings (SSSR count). The molecule has 3 heterocycles. The van der Waals surface area contributed by atoms with E-state index in [0.717, 1.165) is 24.2 Å². The second kappa shape index (κ2) is 6.37. The van der Waals surface area contributed by atoms with Crippen LogP contribution in [0.5, 0.6) is 0 Å². The number of nitrogens with zero attached hydrogens (tertiary/aromatic N) is 3. The third-order valence-electron chi connectivity index (χ3n) is 4.43. The van der Waals surface area contributed by atoms with Gasteiger partial charge in [0, 0.05) is 36.8 Å². The maximum atomic E-state index is 12.7. The molecule has 1 aliphatic rings. The molecule has 25 heavy (non-hydrogen) atoms. The highest BCUT2D eigenvalue weighted by atomic mass is 35.5. The Morgan fingerprint density at radius 1 is 1.32 bits per heavy atom. The zero-order valence-corrected chi connectivity index (χ0v) is 14.2. The lowest BCUT2D eigenvalue weighted by atomic mass is 10.1. The summed E-state index contributed by atoms with van der Waals surface area (Å²) in [7, 11) is 0. The van der Waals surface area contributed by atoms with Gasteiger partial charge < -0.3 is 9.32 Å². The minimum Gasteiger partial charge on any atom is -0.408 e. The summed E-state index contributed by atoms with van der Waals surface area (Å²) in [6.07, 6.45) is 3.73. The molecular weight excluding hydrogens is 342 g/mol. The van der Waals surface area contributed by atoms with Gasteiger partial charge in [0.15, 0.2) is 5.58 Å². The predicted molar refractivity (Wildman–Crippen MR) is 95.0 cm³/mol. The van der Waals surface area contributed by atoms with Gasteiger partial charge in [-0.15, -0.1) is 0 Å². The van der Waals surface area contributed by atoms with Gasteiger partial charge in [0.2, 0.25) is 5.91 Å². The number of fused-ring (bicyclic) bond motifs is 2. The van der Waals surface area contributed by atoms with E-state index in [1.54, 1.807) is 29.3 Å². The summed E-state index contributed by atoms with van der Waals surface area (Å²) in [6, 6.07) is 8.78. The van der Waals surface area contributed by atoms with Crippen LogP contribution in [0.25, 0.3) is 11.1 Å². The van der Waals surface area contributed by atoms with Crippen LogP contribution in [0.3, 0.4) is 0 Å². The first-order valence-electron chi connectivity index (χ1n) is 8.16. The molecule has 7 heteroatoms. The second-order valence-electron chi connectivity index (χ2n) is 6.00. The van der Waals surface area contributed by atoms with E-state index in [0.29, 0.717) is 22.7 Å². The lowest BCUT2D eigenvalue weighted by Crippen LogP contribution is -2.36. The van der Waals surface area contributed by atoms with Crippen molar-refractivity contribution in [3.63, 3.8) is 0 Å². The smallest absolute Gasteiger partial charge is 0.408 e. The molecule has 0 unspecified atom stereocenters. The Kier molecular flexibility index (Phi) is 4.05. The summed E-state index contributed by atoms with van der Waals surface area (Å²) in [4.78, 5) is 30.9.